The molecule has 40 heavy (non-hydrogen) atoms. The van der Waals surface area contributed by atoms with E-state index in [9.17, 15) is 0 Å². The number of allylic oxidation sites excluding steroid dienone is 2. The second kappa shape index (κ2) is 10.8. The van der Waals surface area contributed by atoms with E-state index in [1.54, 1.807) is 0 Å². The third-order valence-corrected chi connectivity index (χ3v) is 9.41. The minimum Gasteiger partial charge on any atom is -0.387 e. The Morgan fingerprint density at radius 1 is 1.02 bits per heavy atom. The van der Waals surface area contributed by atoms with Crippen molar-refractivity contribution in [2.45, 2.75) is 63.8 Å². The zero-order valence-electron chi connectivity index (χ0n) is 24.6. The summed E-state index contributed by atoms with van der Waals surface area (Å²) in [6, 6.07) is 15.6. The van der Waals surface area contributed by atoms with Crippen LogP contribution in [0.4, 0.5) is 11.6 Å². The first-order valence-corrected chi connectivity index (χ1v) is 15.1. The van der Waals surface area contributed by atoms with Crippen LogP contribution in [-0.2, 0) is 5.41 Å². The van der Waals surface area contributed by atoms with Crippen molar-refractivity contribution < 1.29 is 0 Å². The molecule has 0 amide bonds. The molecular weight excluding hydrogens is 494 g/mol. The summed E-state index contributed by atoms with van der Waals surface area (Å²) >= 11 is 0. The van der Waals surface area contributed by atoms with E-state index in [4.69, 9.17) is 16.7 Å². The summed E-state index contributed by atoms with van der Waals surface area (Å²) < 4.78 is 2.06. The van der Waals surface area contributed by atoms with Crippen molar-refractivity contribution in [1.29, 1.82) is 0 Å². The Kier molecular flexibility index (Phi) is 7.24. The summed E-state index contributed by atoms with van der Waals surface area (Å²) in [7, 11) is 2.16. The lowest BCUT2D eigenvalue weighted by molar-refractivity contribution is 0.163. The lowest BCUT2D eigenvalue weighted by Crippen LogP contribution is -2.45. The number of aromatic nitrogens is 3. The van der Waals surface area contributed by atoms with Gasteiger partial charge in [0.25, 0.3) is 0 Å². The molecule has 6 rings (SSSR count). The van der Waals surface area contributed by atoms with Gasteiger partial charge in [0.2, 0.25) is 0 Å². The molecule has 2 fully saturated rings. The normalized spacial score (nSPS) is 25.2. The lowest BCUT2D eigenvalue weighted by Gasteiger charge is -2.45. The molecule has 0 aliphatic carbocycles. The first-order chi connectivity index (χ1) is 19.3. The fraction of sp³-hybridized carbons (Fsp3) is 0.515. The van der Waals surface area contributed by atoms with E-state index in [1.165, 1.54) is 24.1 Å². The number of piperidine rings is 1. The molecule has 3 aromatic rings. The average molecular weight is 540 g/mol. The zero-order valence-corrected chi connectivity index (χ0v) is 24.6. The molecule has 2 atom stereocenters. The standard InChI is InChI=1S/C33H45N7/c1-24-22-38(23-24)30-21-32-37(5)19-17-34-25(2)12-11-16-33(4,27-13-7-6-8-14-27)26(3)39-18-10-9-15-29(39)28-20-31(35-30)40(32)36-28/h6-8,13-14,20-21,24,29,34H,2-3,9-12,15-19,22-23H2,1,4-5H3/t29-,33+/m0/s1. The van der Waals surface area contributed by atoms with Crippen LogP contribution in [0.5, 0.6) is 0 Å². The molecular formula is C33H45N7. The monoisotopic (exact) mass is 539 g/mol. The minimum absolute atomic E-state index is 0.168. The number of fused-ring (bicyclic) bond motifs is 3. The number of nitrogens with one attached hydrogen (secondary N) is 1. The fourth-order valence-corrected chi connectivity index (χ4v) is 6.85. The number of benzene rings is 1. The van der Waals surface area contributed by atoms with Gasteiger partial charge < -0.3 is 20.0 Å². The Bertz CT molecular complexity index is 1370. The summed E-state index contributed by atoms with van der Waals surface area (Å²) in [4.78, 5) is 12.4. The molecule has 0 saturated carbocycles. The van der Waals surface area contributed by atoms with Crippen LogP contribution in [0, 0.1) is 5.92 Å². The van der Waals surface area contributed by atoms with Gasteiger partial charge in [-0.05, 0) is 50.0 Å². The van der Waals surface area contributed by atoms with E-state index in [0.29, 0.717) is 5.92 Å². The lowest BCUT2D eigenvalue weighted by atomic mass is 9.74. The minimum atomic E-state index is -0.168. The summed E-state index contributed by atoms with van der Waals surface area (Å²) in [5, 5.41) is 8.85. The van der Waals surface area contributed by atoms with Gasteiger partial charge in [-0.25, -0.2) is 4.98 Å². The Morgan fingerprint density at radius 2 is 1.82 bits per heavy atom. The topological polar surface area (TPSA) is 51.9 Å². The van der Waals surface area contributed by atoms with Crippen LogP contribution in [0.15, 0.2) is 67.0 Å². The highest BCUT2D eigenvalue weighted by Crippen LogP contribution is 2.44. The SMILES string of the molecule is C=C1CCC[C@@](C)(c2ccccc2)C(=C)N2CCCC[C@H]2c2cc3nc(N4CC(C)C4)cc(n3n2)N(C)CCN1. The number of likely N-dealkylation sites (N-methyl/N-ethyl adjacent to an activating group) is 1. The van der Waals surface area contributed by atoms with Crippen molar-refractivity contribution in [2.24, 2.45) is 5.92 Å². The number of hydrogen-bond acceptors (Lipinski definition) is 6. The van der Waals surface area contributed by atoms with Gasteiger partial charge in [0.15, 0.2) is 5.65 Å². The number of rotatable bonds is 2. The van der Waals surface area contributed by atoms with Gasteiger partial charge in [0, 0.05) is 68.7 Å². The molecule has 5 heterocycles. The average Bonchev–Trinajstić information content (AvgIpc) is 3.38. The van der Waals surface area contributed by atoms with Crippen molar-refractivity contribution in [2.75, 3.05) is 49.6 Å². The van der Waals surface area contributed by atoms with E-state index in [-0.39, 0.29) is 11.5 Å². The molecule has 3 aliphatic heterocycles. The maximum atomic E-state index is 5.26. The van der Waals surface area contributed by atoms with Gasteiger partial charge in [-0.3, -0.25) is 0 Å². The third-order valence-electron chi connectivity index (χ3n) is 9.41. The second-order valence-electron chi connectivity index (χ2n) is 12.5. The van der Waals surface area contributed by atoms with Gasteiger partial charge in [0.05, 0.1) is 11.7 Å². The molecule has 0 radical (unpaired) electrons. The summed E-state index contributed by atoms with van der Waals surface area (Å²) in [6.45, 7) is 18.7. The molecule has 0 unspecified atom stereocenters. The molecule has 1 N–H and O–H groups in total. The molecule has 2 bridgehead atoms. The Balaban J connectivity index is 1.45. The van der Waals surface area contributed by atoms with Crippen LogP contribution in [0.3, 0.4) is 0 Å². The van der Waals surface area contributed by atoms with Crippen LogP contribution in [0.25, 0.3) is 5.65 Å². The molecule has 7 nitrogen and oxygen atoms in total. The highest BCUT2D eigenvalue weighted by Gasteiger charge is 2.38. The second-order valence-corrected chi connectivity index (χ2v) is 12.5. The fourth-order valence-electron chi connectivity index (χ4n) is 6.85. The first kappa shape index (κ1) is 26.7. The number of hydrogen-bond donors (Lipinski definition) is 1. The predicted molar refractivity (Wildman–Crippen MR) is 165 cm³/mol. The van der Waals surface area contributed by atoms with E-state index >= 15 is 0 Å². The summed E-state index contributed by atoms with van der Waals surface area (Å²) in [5.41, 5.74) is 5.50. The molecule has 0 spiro atoms. The van der Waals surface area contributed by atoms with E-state index in [1.807, 2.05) is 0 Å². The van der Waals surface area contributed by atoms with Gasteiger partial charge >= 0.3 is 0 Å². The van der Waals surface area contributed by atoms with Gasteiger partial charge in [-0.1, -0.05) is 57.3 Å². The molecule has 7 heteroatoms. The molecule has 2 aromatic heterocycles. The van der Waals surface area contributed by atoms with Gasteiger partial charge in [-0.2, -0.15) is 9.61 Å². The molecule has 1 aromatic carbocycles. The van der Waals surface area contributed by atoms with E-state index < -0.39 is 0 Å². The van der Waals surface area contributed by atoms with Crippen LogP contribution in [0.2, 0.25) is 0 Å². The van der Waals surface area contributed by atoms with Crippen molar-refractivity contribution in [3.63, 3.8) is 0 Å². The van der Waals surface area contributed by atoms with Crippen molar-refractivity contribution in [3.05, 3.63) is 78.3 Å². The van der Waals surface area contributed by atoms with Gasteiger partial charge in [-0.15, -0.1) is 0 Å². The van der Waals surface area contributed by atoms with E-state index in [0.717, 1.165) is 87.1 Å². The molecule has 3 aliphatic rings. The smallest absolute Gasteiger partial charge is 0.160 e. The Labute approximate surface area is 239 Å². The first-order valence-electron chi connectivity index (χ1n) is 15.1. The maximum Gasteiger partial charge on any atom is 0.160 e. The third kappa shape index (κ3) is 4.95. The van der Waals surface area contributed by atoms with Crippen LogP contribution < -0.4 is 15.1 Å². The largest absolute Gasteiger partial charge is 0.387 e. The van der Waals surface area contributed by atoms with Gasteiger partial charge in [0.1, 0.15) is 11.6 Å². The maximum absolute atomic E-state index is 5.26. The van der Waals surface area contributed by atoms with Crippen LogP contribution >= 0.6 is 0 Å². The molecule has 212 valence electrons. The quantitative estimate of drug-likeness (QED) is 0.437. The summed E-state index contributed by atoms with van der Waals surface area (Å²) in [6.07, 6.45) is 6.50. The number of anilines is 2. The number of nitrogens with zero attached hydrogens (tertiary/aromatic N) is 6. The van der Waals surface area contributed by atoms with Crippen LogP contribution in [0.1, 0.15) is 69.7 Å². The van der Waals surface area contributed by atoms with Crippen molar-refractivity contribution >= 4 is 17.3 Å². The van der Waals surface area contributed by atoms with Crippen LogP contribution in [-0.4, -0.2) is 59.3 Å². The van der Waals surface area contributed by atoms with Crippen molar-refractivity contribution in [3.8, 4) is 0 Å². The zero-order chi connectivity index (χ0) is 27.9. The summed E-state index contributed by atoms with van der Waals surface area (Å²) in [5.74, 6) is 2.85. The molecule has 2 saturated heterocycles. The Hall–Kier alpha value is -3.48. The Morgan fingerprint density at radius 3 is 2.60 bits per heavy atom. The highest BCUT2D eigenvalue weighted by atomic mass is 15.4. The highest BCUT2D eigenvalue weighted by molar-refractivity contribution is 5.60. The van der Waals surface area contributed by atoms with E-state index in [2.05, 4.69) is 94.5 Å². The van der Waals surface area contributed by atoms with Crippen molar-refractivity contribution in [1.82, 2.24) is 24.8 Å². The predicted octanol–water partition coefficient (Wildman–Crippen LogP) is 5.91.